The largest absolute Gasteiger partial charge is 0.338 e. The first-order valence-corrected chi connectivity index (χ1v) is 7.31. The number of carbonyl (C=O) groups excluding carboxylic acids is 1. The fraction of sp³-hybridized carbons (Fsp3) is 0.533. The van der Waals surface area contributed by atoms with Gasteiger partial charge in [0.05, 0.1) is 4.92 Å². The van der Waals surface area contributed by atoms with Gasteiger partial charge < -0.3 is 10.2 Å². The van der Waals surface area contributed by atoms with Gasteiger partial charge in [-0.15, -0.1) is 12.4 Å². The van der Waals surface area contributed by atoms with Gasteiger partial charge in [0, 0.05) is 30.8 Å². The summed E-state index contributed by atoms with van der Waals surface area (Å²) in [5.41, 5.74) is 1.22. The van der Waals surface area contributed by atoms with Crippen LogP contribution in [0.15, 0.2) is 18.2 Å². The van der Waals surface area contributed by atoms with Crippen molar-refractivity contribution in [1.82, 2.24) is 10.2 Å². The number of piperidine rings is 1. The molecule has 2 saturated heterocycles. The lowest BCUT2D eigenvalue weighted by Crippen LogP contribution is -2.43. The average Bonchev–Trinajstić information content (AvgIpc) is 2.94. The van der Waals surface area contributed by atoms with Crippen LogP contribution < -0.4 is 5.32 Å². The van der Waals surface area contributed by atoms with E-state index < -0.39 is 4.92 Å². The van der Waals surface area contributed by atoms with Gasteiger partial charge in [0.2, 0.25) is 0 Å². The van der Waals surface area contributed by atoms with Crippen LogP contribution in [0.1, 0.15) is 22.3 Å². The van der Waals surface area contributed by atoms with E-state index in [0.29, 0.717) is 17.4 Å². The Balaban J connectivity index is 0.00000176. The lowest BCUT2D eigenvalue weighted by Gasteiger charge is -2.34. The van der Waals surface area contributed by atoms with Gasteiger partial charge in [-0.1, -0.05) is 6.07 Å². The van der Waals surface area contributed by atoms with Crippen LogP contribution in [0.3, 0.4) is 0 Å². The second kappa shape index (κ2) is 6.62. The van der Waals surface area contributed by atoms with Crippen molar-refractivity contribution in [2.45, 2.75) is 13.3 Å². The quantitative estimate of drug-likeness (QED) is 0.666. The summed E-state index contributed by atoms with van der Waals surface area (Å²) >= 11 is 0. The fourth-order valence-electron chi connectivity index (χ4n) is 3.34. The lowest BCUT2D eigenvalue weighted by molar-refractivity contribution is -0.384. The summed E-state index contributed by atoms with van der Waals surface area (Å²) in [4.78, 5) is 24.9. The Hall–Kier alpha value is -1.66. The van der Waals surface area contributed by atoms with Gasteiger partial charge >= 0.3 is 0 Å². The predicted octanol–water partition coefficient (Wildman–Crippen LogP) is 2.01. The third kappa shape index (κ3) is 3.08. The number of likely N-dealkylation sites (tertiary alicyclic amines) is 1. The molecule has 22 heavy (non-hydrogen) atoms. The van der Waals surface area contributed by atoms with Crippen molar-refractivity contribution in [2.24, 2.45) is 11.8 Å². The number of nitrogens with one attached hydrogen (secondary N) is 1. The lowest BCUT2D eigenvalue weighted by atomic mass is 9.88. The van der Waals surface area contributed by atoms with E-state index >= 15 is 0 Å². The molecule has 0 bridgehead atoms. The molecule has 6 nitrogen and oxygen atoms in total. The fourth-order valence-corrected chi connectivity index (χ4v) is 3.34. The van der Waals surface area contributed by atoms with Crippen molar-refractivity contribution in [3.05, 3.63) is 39.4 Å². The van der Waals surface area contributed by atoms with Crippen molar-refractivity contribution in [2.75, 3.05) is 26.2 Å². The summed E-state index contributed by atoms with van der Waals surface area (Å²) in [5.74, 6) is 1.10. The van der Waals surface area contributed by atoms with Crippen molar-refractivity contribution < 1.29 is 9.72 Å². The Bertz CT molecular complexity index is 593. The van der Waals surface area contributed by atoms with Gasteiger partial charge in [-0.3, -0.25) is 14.9 Å². The van der Waals surface area contributed by atoms with Crippen molar-refractivity contribution in [1.29, 1.82) is 0 Å². The molecule has 120 valence electrons. The van der Waals surface area contributed by atoms with E-state index in [4.69, 9.17) is 0 Å². The number of halogens is 1. The van der Waals surface area contributed by atoms with Crippen LogP contribution in [0.4, 0.5) is 5.69 Å². The van der Waals surface area contributed by atoms with Crippen LogP contribution >= 0.6 is 12.4 Å². The monoisotopic (exact) mass is 325 g/mol. The first-order valence-electron chi connectivity index (χ1n) is 7.31. The molecule has 0 radical (unpaired) electrons. The molecule has 3 rings (SSSR count). The third-order valence-electron chi connectivity index (χ3n) is 4.65. The van der Waals surface area contributed by atoms with Gasteiger partial charge in [-0.2, -0.15) is 0 Å². The maximum atomic E-state index is 12.7. The van der Waals surface area contributed by atoms with E-state index in [0.717, 1.165) is 38.2 Å². The van der Waals surface area contributed by atoms with Crippen molar-refractivity contribution in [3.8, 4) is 0 Å². The van der Waals surface area contributed by atoms with E-state index in [1.165, 1.54) is 12.1 Å². The molecule has 2 fully saturated rings. The zero-order valence-electron chi connectivity index (χ0n) is 12.4. The van der Waals surface area contributed by atoms with Crippen LogP contribution in [0.2, 0.25) is 0 Å². The number of nitrogens with zero attached hydrogens (tertiary/aromatic N) is 2. The molecule has 0 aliphatic carbocycles. The third-order valence-corrected chi connectivity index (χ3v) is 4.65. The minimum atomic E-state index is -0.455. The predicted molar refractivity (Wildman–Crippen MR) is 85.5 cm³/mol. The second-order valence-electron chi connectivity index (χ2n) is 5.97. The molecule has 0 aromatic heterocycles. The van der Waals surface area contributed by atoms with Gasteiger partial charge in [-0.05, 0) is 43.8 Å². The number of amides is 1. The maximum absolute atomic E-state index is 12.7. The van der Waals surface area contributed by atoms with E-state index in [9.17, 15) is 14.9 Å². The molecule has 2 atom stereocenters. The number of fused-ring (bicyclic) bond motifs is 1. The molecular weight excluding hydrogens is 306 g/mol. The SMILES string of the molecule is Cc1ccc([N+](=O)[O-])cc1C(=O)N1CCC2CNCC2C1.Cl. The molecule has 1 aromatic rings. The van der Waals surface area contributed by atoms with Gasteiger partial charge in [0.15, 0.2) is 0 Å². The summed E-state index contributed by atoms with van der Waals surface area (Å²) in [6.07, 6.45) is 1.01. The average molecular weight is 326 g/mol. The van der Waals surface area contributed by atoms with Gasteiger partial charge in [0.25, 0.3) is 11.6 Å². The molecule has 2 heterocycles. The normalized spacial score (nSPS) is 23.6. The Morgan fingerprint density at radius 2 is 2.09 bits per heavy atom. The number of non-ortho nitro benzene ring substituents is 1. The molecule has 1 amide bonds. The Labute approximate surface area is 135 Å². The first-order chi connectivity index (χ1) is 10.1. The van der Waals surface area contributed by atoms with E-state index in [1.54, 1.807) is 6.07 Å². The highest BCUT2D eigenvalue weighted by Gasteiger charge is 2.35. The molecule has 1 N–H and O–H groups in total. The number of hydrogen-bond donors (Lipinski definition) is 1. The van der Waals surface area contributed by atoms with Crippen molar-refractivity contribution >= 4 is 24.0 Å². The smallest absolute Gasteiger partial charge is 0.270 e. The highest BCUT2D eigenvalue weighted by Crippen LogP contribution is 2.28. The topological polar surface area (TPSA) is 75.5 Å². The number of rotatable bonds is 2. The summed E-state index contributed by atoms with van der Waals surface area (Å²) in [5, 5.41) is 14.3. The number of carbonyl (C=O) groups is 1. The molecule has 7 heteroatoms. The van der Waals surface area contributed by atoms with Crippen LogP contribution in [0, 0.1) is 28.9 Å². The molecule has 1 aromatic carbocycles. The van der Waals surface area contributed by atoms with E-state index in [1.807, 2.05) is 11.8 Å². The second-order valence-corrected chi connectivity index (χ2v) is 5.97. The number of benzene rings is 1. The minimum Gasteiger partial charge on any atom is -0.338 e. The summed E-state index contributed by atoms with van der Waals surface area (Å²) in [7, 11) is 0. The Kier molecular flexibility index (Phi) is 5.03. The number of aryl methyl sites for hydroxylation is 1. The van der Waals surface area contributed by atoms with Crippen LogP contribution in [0.5, 0.6) is 0 Å². The zero-order chi connectivity index (χ0) is 15.0. The molecular formula is C15H20ClN3O3. The Morgan fingerprint density at radius 1 is 1.36 bits per heavy atom. The van der Waals surface area contributed by atoms with Gasteiger partial charge in [-0.25, -0.2) is 0 Å². The summed E-state index contributed by atoms with van der Waals surface area (Å²) in [6.45, 7) is 5.31. The first kappa shape index (κ1) is 16.7. The van der Waals surface area contributed by atoms with Gasteiger partial charge in [0.1, 0.15) is 0 Å². The van der Waals surface area contributed by atoms with E-state index in [2.05, 4.69) is 5.32 Å². The minimum absolute atomic E-state index is 0. The number of nitro groups is 1. The maximum Gasteiger partial charge on any atom is 0.270 e. The molecule has 0 spiro atoms. The van der Waals surface area contributed by atoms with Crippen LogP contribution in [0.25, 0.3) is 0 Å². The highest BCUT2D eigenvalue weighted by molar-refractivity contribution is 5.96. The molecule has 2 aliphatic rings. The van der Waals surface area contributed by atoms with Crippen LogP contribution in [-0.4, -0.2) is 41.9 Å². The van der Waals surface area contributed by atoms with Crippen molar-refractivity contribution in [3.63, 3.8) is 0 Å². The standard InChI is InChI=1S/C15H19N3O3.ClH/c1-10-2-3-13(18(20)21)6-14(10)15(19)17-5-4-11-7-16-8-12(11)9-17;/h2-3,6,11-12,16H,4-5,7-9H2,1H3;1H. The molecule has 2 aliphatic heterocycles. The Morgan fingerprint density at radius 3 is 2.82 bits per heavy atom. The van der Waals surface area contributed by atoms with Crippen LogP contribution in [-0.2, 0) is 0 Å². The highest BCUT2D eigenvalue weighted by atomic mass is 35.5. The summed E-state index contributed by atoms with van der Waals surface area (Å²) in [6, 6.07) is 4.49. The summed E-state index contributed by atoms with van der Waals surface area (Å²) < 4.78 is 0. The van der Waals surface area contributed by atoms with E-state index in [-0.39, 0.29) is 24.0 Å². The number of hydrogen-bond acceptors (Lipinski definition) is 4. The number of nitro benzene ring substituents is 1. The zero-order valence-corrected chi connectivity index (χ0v) is 13.3. The molecule has 2 unspecified atom stereocenters. The molecule has 0 saturated carbocycles.